The number of carbonyl (C=O) groups excluding carboxylic acids is 1. The molecule has 1 unspecified atom stereocenters. The minimum absolute atomic E-state index is 0.348. The molecule has 5 heteroatoms. The summed E-state index contributed by atoms with van der Waals surface area (Å²) in [6.45, 7) is 0.411. The first-order chi connectivity index (χ1) is 10.1. The van der Waals surface area contributed by atoms with E-state index in [1.54, 1.807) is 18.2 Å². The number of hydrogen-bond acceptors (Lipinski definition) is 3. The van der Waals surface area contributed by atoms with Crippen molar-refractivity contribution in [3.8, 4) is 0 Å². The van der Waals surface area contributed by atoms with Gasteiger partial charge in [-0.15, -0.1) is 0 Å². The maximum atomic E-state index is 11.9. The average Bonchev–Trinajstić information content (AvgIpc) is 2.51. The van der Waals surface area contributed by atoms with Crippen LogP contribution in [-0.4, -0.2) is 13.1 Å². The highest BCUT2D eigenvalue weighted by molar-refractivity contribution is 6.33. The number of benzene rings is 2. The molecule has 0 aliphatic carbocycles. The Hall–Kier alpha value is -1.55. The minimum Gasteiger partial charge on any atom is -0.468 e. The Morgan fingerprint density at radius 3 is 2.57 bits per heavy atom. The number of nitrogens with one attached hydrogen (secondary N) is 1. The molecule has 0 fully saturated rings. The summed E-state index contributed by atoms with van der Waals surface area (Å²) >= 11 is 12.1. The third kappa shape index (κ3) is 4.21. The third-order valence-corrected chi connectivity index (χ3v) is 3.68. The van der Waals surface area contributed by atoms with Crippen LogP contribution in [0.2, 0.25) is 10.0 Å². The minimum atomic E-state index is -0.550. The van der Waals surface area contributed by atoms with Gasteiger partial charge in [0.1, 0.15) is 6.04 Å². The van der Waals surface area contributed by atoms with Crippen molar-refractivity contribution < 1.29 is 9.53 Å². The van der Waals surface area contributed by atoms with Crippen molar-refractivity contribution in [1.29, 1.82) is 0 Å². The van der Waals surface area contributed by atoms with Crippen LogP contribution >= 0.6 is 23.2 Å². The maximum Gasteiger partial charge on any atom is 0.327 e. The predicted molar refractivity (Wildman–Crippen MR) is 84.5 cm³/mol. The van der Waals surface area contributed by atoms with Crippen LogP contribution in [0.3, 0.4) is 0 Å². The average molecular weight is 324 g/mol. The van der Waals surface area contributed by atoms with E-state index < -0.39 is 6.04 Å². The van der Waals surface area contributed by atoms with Crippen LogP contribution in [0.5, 0.6) is 0 Å². The highest BCUT2D eigenvalue weighted by Gasteiger charge is 2.20. The summed E-state index contributed by atoms with van der Waals surface area (Å²) in [4.78, 5) is 11.9. The van der Waals surface area contributed by atoms with Gasteiger partial charge in [-0.3, -0.25) is 5.32 Å². The van der Waals surface area contributed by atoms with E-state index in [1.165, 1.54) is 7.11 Å². The summed E-state index contributed by atoms with van der Waals surface area (Å²) in [5.74, 6) is -0.348. The van der Waals surface area contributed by atoms with E-state index in [1.807, 2.05) is 30.3 Å². The first-order valence-electron chi connectivity index (χ1n) is 6.42. The summed E-state index contributed by atoms with van der Waals surface area (Å²) < 4.78 is 4.85. The van der Waals surface area contributed by atoms with Gasteiger partial charge in [0.15, 0.2) is 0 Å². The maximum absolute atomic E-state index is 11.9. The van der Waals surface area contributed by atoms with Gasteiger partial charge in [-0.25, -0.2) is 4.79 Å². The van der Waals surface area contributed by atoms with E-state index in [0.717, 1.165) is 11.1 Å². The van der Waals surface area contributed by atoms with Gasteiger partial charge in [-0.2, -0.15) is 0 Å². The van der Waals surface area contributed by atoms with Gasteiger partial charge in [-0.05, 0) is 29.3 Å². The van der Waals surface area contributed by atoms with E-state index in [4.69, 9.17) is 27.9 Å². The second-order valence-corrected chi connectivity index (χ2v) is 5.33. The molecule has 0 aliphatic heterocycles. The molecule has 110 valence electrons. The number of halogens is 2. The van der Waals surface area contributed by atoms with Crippen molar-refractivity contribution in [2.75, 3.05) is 7.11 Å². The Labute approximate surface area is 133 Å². The smallest absolute Gasteiger partial charge is 0.327 e. The van der Waals surface area contributed by atoms with E-state index in [9.17, 15) is 4.79 Å². The number of ether oxygens (including phenoxy) is 1. The fourth-order valence-electron chi connectivity index (χ4n) is 1.99. The third-order valence-electron chi connectivity index (χ3n) is 3.07. The van der Waals surface area contributed by atoms with Crippen molar-refractivity contribution in [2.45, 2.75) is 12.6 Å². The molecule has 0 bridgehead atoms. The lowest BCUT2D eigenvalue weighted by Gasteiger charge is -2.17. The molecule has 1 N–H and O–H groups in total. The number of rotatable bonds is 5. The largest absolute Gasteiger partial charge is 0.468 e. The number of esters is 1. The first-order valence-corrected chi connectivity index (χ1v) is 7.17. The van der Waals surface area contributed by atoms with Crippen LogP contribution < -0.4 is 5.32 Å². The second kappa shape index (κ2) is 7.46. The van der Waals surface area contributed by atoms with Crippen LogP contribution in [0.25, 0.3) is 0 Å². The molecule has 0 heterocycles. The van der Waals surface area contributed by atoms with Gasteiger partial charge >= 0.3 is 5.97 Å². The Morgan fingerprint density at radius 2 is 1.90 bits per heavy atom. The molecular weight excluding hydrogens is 309 g/mol. The molecule has 0 spiro atoms. The second-order valence-electron chi connectivity index (χ2n) is 4.48. The summed E-state index contributed by atoms with van der Waals surface area (Å²) in [6, 6.07) is 14.1. The molecular formula is C16H15Cl2NO2. The predicted octanol–water partition coefficient (Wildman–Crippen LogP) is 4.00. The summed E-state index contributed by atoms with van der Waals surface area (Å²) in [5, 5.41) is 4.36. The van der Waals surface area contributed by atoms with Gasteiger partial charge in [0.05, 0.1) is 7.11 Å². The molecule has 1 atom stereocenters. The van der Waals surface area contributed by atoms with Crippen molar-refractivity contribution in [1.82, 2.24) is 5.32 Å². The fourth-order valence-corrected chi connectivity index (χ4v) is 2.37. The monoisotopic (exact) mass is 323 g/mol. The van der Waals surface area contributed by atoms with E-state index >= 15 is 0 Å². The van der Waals surface area contributed by atoms with Crippen molar-refractivity contribution in [3.63, 3.8) is 0 Å². The van der Waals surface area contributed by atoms with Crippen molar-refractivity contribution in [2.24, 2.45) is 0 Å². The Kier molecular flexibility index (Phi) is 5.62. The van der Waals surface area contributed by atoms with Gasteiger partial charge < -0.3 is 4.74 Å². The number of hydrogen-bond donors (Lipinski definition) is 1. The van der Waals surface area contributed by atoms with Gasteiger partial charge in [0.25, 0.3) is 0 Å². The molecule has 21 heavy (non-hydrogen) atoms. The number of methoxy groups -OCH3 is 1. The highest BCUT2D eigenvalue weighted by atomic mass is 35.5. The lowest BCUT2D eigenvalue weighted by Crippen LogP contribution is -2.29. The van der Waals surface area contributed by atoms with E-state index in [-0.39, 0.29) is 5.97 Å². The molecule has 0 radical (unpaired) electrons. The highest BCUT2D eigenvalue weighted by Crippen LogP contribution is 2.22. The molecule has 0 aromatic heterocycles. The Balaban J connectivity index is 2.16. The fraction of sp³-hybridized carbons (Fsp3) is 0.188. The summed E-state index contributed by atoms with van der Waals surface area (Å²) in [6.07, 6.45) is 0. The molecule has 2 aromatic rings. The SMILES string of the molecule is COC(=O)C(NCc1cc(Cl)ccc1Cl)c1ccccc1. The zero-order valence-electron chi connectivity index (χ0n) is 11.5. The van der Waals surface area contributed by atoms with Gasteiger partial charge in [0.2, 0.25) is 0 Å². The standard InChI is InChI=1S/C16H15Cl2NO2/c1-21-16(20)15(11-5-3-2-4-6-11)19-10-12-9-13(17)7-8-14(12)18/h2-9,15,19H,10H2,1H3. The first kappa shape index (κ1) is 15.8. The van der Waals surface area contributed by atoms with Gasteiger partial charge in [-0.1, -0.05) is 53.5 Å². The zero-order valence-corrected chi connectivity index (χ0v) is 13.0. The normalized spacial score (nSPS) is 12.0. The zero-order chi connectivity index (χ0) is 15.2. The Bertz CT molecular complexity index is 617. The molecule has 2 aromatic carbocycles. The lowest BCUT2D eigenvalue weighted by atomic mass is 10.1. The molecule has 0 aliphatic rings. The molecule has 0 saturated heterocycles. The summed E-state index contributed by atoms with van der Waals surface area (Å²) in [7, 11) is 1.37. The molecule has 3 nitrogen and oxygen atoms in total. The van der Waals surface area contributed by atoms with E-state index in [0.29, 0.717) is 16.6 Å². The molecule has 0 saturated carbocycles. The van der Waals surface area contributed by atoms with Gasteiger partial charge in [0, 0.05) is 16.6 Å². The molecule has 0 amide bonds. The van der Waals surface area contributed by atoms with Crippen LogP contribution in [0, 0.1) is 0 Å². The van der Waals surface area contributed by atoms with Crippen molar-refractivity contribution >= 4 is 29.2 Å². The van der Waals surface area contributed by atoms with Crippen molar-refractivity contribution in [3.05, 3.63) is 69.7 Å². The Morgan fingerprint density at radius 1 is 1.19 bits per heavy atom. The van der Waals surface area contributed by atoms with E-state index in [2.05, 4.69) is 5.32 Å². The molecule has 2 rings (SSSR count). The van der Waals surface area contributed by atoms with Crippen LogP contribution in [-0.2, 0) is 16.1 Å². The number of carbonyl (C=O) groups is 1. The lowest BCUT2D eigenvalue weighted by molar-refractivity contribution is -0.143. The topological polar surface area (TPSA) is 38.3 Å². The van der Waals surface area contributed by atoms with Crippen LogP contribution in [0.15, 0.2) is 48.5 Å². The van der Waals surface area contributed by atoms with Crippen LogP contribution in [0.4, 0.5) is 0 Å². The van der Waals surface area contributed by atoms with Crippen LogP contribution in [0.1, 0.15) is 17.2 Å². The quantitative estimate of drug-likeness (QED) is 0.845. The summed E-state index contributed by atoms with van der Waals surface area (Å²) in [5.41, 5.74) is 1.66.